The minimum Gasteiger partial charge on any atom is -0.497 e. The summed E-state index contributed by atoms with van der Waals surface area (Å²) in [4.78, 5) is 12.3. The van der Waals surface area contributed by atoms with E-state index in [0.29, 0.717) is 19.4 Å². The van der Waals surface area contributed by atoms with Crippen molar-refractivity contribution in [2.75, 3.05) is 13.7 Å². The highest BCUT2D eigenvalue weighted by Crippen LogP contribution is 2.22. The molecule has 0 bridgehead atoms. The summed E-state index contributed by atoms with van der Waals surface area (Å²) in [5.41, 5.74) is 3.66. The van der Waals surface area contributed by atoms with Crippen LogP contribution in [-0.4, -0.2) is 19.6 Å². The molecule has 1 amide bonds. The van der Waals surface area contributed by atoms with Gasteiger partial charge in [0.25, 0.3) is 0 Å². The average molecular weight is 355 g/mol. The first-order valence-corrected chi connectivity index (χ1v) is 9.16. The summed E-state index contributed by atoms with van der Waals surface area (Å²) < 4.78 is 10.8. The molecule has 26 heavy (non-hydrogen) atoms. The summed E-state index contributed by atoms with van der Waals surface area (Å²) in [5.74, 6) is 1.65. The van der Waals surface area contributed by atoms with Gasteiger partial charge >= 0.3 is 0 Å². The van der Waals surface area contributed by atoms with E-state index in [1.165, 1.54) is 16.7 Å². The predicted octanol–water partition coefficient (Wildman–Crippen LogP) is 4.74. The maximum atomic E-state index is 12.3. The third kappa shape index (κ3) is 5.80. The van der Waals surface area contributed by atoms with E-state index in [0.717, 1.165) is 17.9 Å². The number of amides is 1. The fraction of sp³-hybridized carbons (Fsp3) is 0.409. The number of hydrogen-bond acceptors (Lipinski definition) is 3. The van der Waals surface area contributed by atoms with E-state index in [2.05, 4.69) is 44.3 Å². The summed E-state index contributed by atoms with van der Waals surface area (Å²) in [5, 5.41) is 3.15. The first kappa shape index (κ1) is 19.8. The van der Waals surface area contributed by atoms with E-state index in [4.69, 9.17) is 9.47 Å². The quantitative estimate of drug-likeness (QED) is 0.661. The van der Waals surface area contributed by atoms with Gasteiger partial charge < -0.3 is 14.8 Å². The average Bonchev–Trinajstić information content (AvgIpc) is 2.64. The van der Waals surface area contributed by atoms with E-state index >= 15 is 0 Å². The van der Waals surface area contributed by atoms with Crippen molar-refractivity contribution < 1.29 is 14.3 Å². The van der Waals surface area contributed by atoms with Crippen molar-refractivity contribution in [2.45, 2.75) is 46.1 Å². The molecule has 0 saturated heterocycles. The topological polar surface area (TPSA) is 47.6 Å². The molecule has 4 heteroatoms. The van der Waals surface area contributed by atoms with Gasteiger partial charge in [-0.15, -0.1) is 0 Å². The van der Waals surface area contributed by atoms with Gasteiger partial charge in [0.2, 0.25) is 5.91 Å². The molecule has 2 rings (SSSR count). The number of benzene rings is 2. The first-order valence-electron chi connectivity index (χ1n) is 9.16. The molecule has 0 aliphatic heterocycles. The second-order valence-corrected chi connectivity index (χ2v) is 6.52. The molecule has 4 nitrogen and oxygen atoms in total. The van der Waals surface area contributed by atoms with Crippen molar-refractivity contribution >= 4 is 5.91 Å². The molecule has 140 valence electrons. The van der Waals surface area contributed by atoms with Gasteiger partial charge in [-0.1, -0.05) is 30.7 Å². The Morgan fingerprint density at radius 3 is 2.38 bits per heavy atom. The van der Waals surface area contributed by atoms with Crippen molar-refractivity contribution in [3.8, 4) is 11.5 Å². The van der Waals surface area contributed by atoms with Crippen LogP contribution in [-0.2, 0) is 4.79 Å². The van der Waals surface area contributed by atoms with Crippen LogP contribution in [0, 0.1) is 13.8 Å². The third-order valence-electron chi connectivity index (χ3n) is 4.42. The van der Waals surface area contributed by atoms with Crippen LogP contribution in [0.3, 0.4) is 0 Å². The van der Waals surface area contributed by atoms with Gasteiger partial charge in [0.1, 0.15) is 11.5 Å². The van der Waals surface area contributed by atoms with Crippen LogP contribution >= 0.6 is 0 Å². The molecule has 1 N–H and O–H groups in total. The summed E-state index contributed by atoms with van der Waals surface area (Å²) in [6.07, 6.45) is 2.01. The summed E-state index contributed by atoms with van der Waals surface area (Å²) in [7, 11) is 1.64. The zero-order valence-electron chi connectivity index (χ0n) is 16.2. The zero-order valence-corrected chi connectivity index (χ0v) is 16.2. The van der Waals surface area contributed by atoms with E-state index in [-0.39, 0.29) is 11.9 Å². The Bertz CT molecular complexity index is 710. The van der Waals surface area contributed by atoms with Crippen LogP contribution < -0.4 is 14.8 Å². The van der Waals surface area contributed by atoms with E-state index in [1.807, 2.05) is 24.3 Å². The maximum absolute atomic E-state index is 12.3. The molecule has 2 aromatic rings. The van der Waals surface area contributed by atoms with Crippen LogP contribution in [0.25, 0.3) is 0 Å². The van der Waals surface area contributed by atoms with Gasteiger partial charge in [-0.25, -0.2) is 0 Å². The van der Waals surface area contributed by atoms with Crippen LogP contribution in [0.5, 0.6) is 11.5 Å². The van der Waals surface area contributed by atoms with Gasteiger partial charge in [0.05, 0.1) is 19.8 Å². The van der Waals surface area contributed by atoms with E-state index < -0.39 is 0 Å². The van der Waals surface area contributed by atoms with Gasteiger partial charge in [-0.3, -0.25) is 4.79 Å². The number of aryl methyl sites for hydroxylation is 2. The van der Waals surface area contributed by atoms with Gasteiger partial charge in [0, 0.05) is 6.42 Å². The number of methoxy groups -OCH3 is 1. The molecule has 0 saturated carbocycles. The molecule has 1 atom stereocenters. The number of carbonyl (C=O) groups is 1. The van der Waals surface area contributed by atoms with E-state index in [1.54, 1.807) is 7.11 Å². The first-order chi connectivity index (χ1) is 12.5. The van der Waals surface area contributed by atoms with Crippen LogP contribution in [0.4, 0.5) is 0 Å². The minimum atomic E-state index is 0.0607. The highest BCUT2D eigenvalue weighted by molar-refractivity contribution is 5.76. The standard InChI is InChI=1S/C22H29NO3/c1-5-21(20-13-8-16(2)15-17(20)3)23-22(24)7-6-14-26-19-11-9-18(25-4)10-12-19/h8-13,15,21H,5-7,14H2,1-4H3,(H,23,24)/t21-/m0/s1. The summed E-state index contributed by atoms with van der Waals surface area (Å²) in [6, 6.07) is 13.9. The fourth-order valence-corrected chi connectivity index (χ4v) is 2.98. The monoisotopic (exact) mass is 355 g/mol. The lowest BCUT2D eigenvalue weighted by atomic mass is 9.97. The lowest BCUT2D eigenvalue weighted by Crippen LogP contribution is -2.28. The summed E-state index contributed by atoms with van der Waals surface area (Å²) in [6.45, 7) is 6.79. The Kier molecular flexibility index (Phi) is 7.52. The molecule has 0 heterocycles. The number of hydrogen-bond donors (Lipinski definition) is 1. The normalized spacial score (nSPS) is 11.7. The highest BCUT2D eigenvalue weighted by Gasteiger charge is 2.14. The van der Waals surface area contributed by atoms with Gasteiger partial charge in [-0.2, -0.15) is 0 Å². The van der Waals surface area contributed by atoms with Crippen molar-refractivity contribution in [3.63, 3.8) is 0 Å². The minimum absolute atomic E-state index is 0.0607. The molecule has 0 fully saturated rings. The molecule has 0 unspecified atom stereocenters. The lowest BCUT2D eigenvalue weighted by Gasteiger charge is -2.20. The van der Waals surface area contributed by atoms with E-state index in [9.17, 15) is 4.79 Å². The summed E-state index contributed by atoms with van der Waals surface area (Å²) >= 11 is 0. The predicted molar refractivity (Wildman–Crippen MR) is 105 cm³/mol. The molecular formula is C22H29NO3. The molecule has 0 aliphatic rings. The van der Waals surface area contributed by atoms with Crippen molar-refractivity contribution in [3.05, 3.63) is 59.2 Å². The number of carbonyl (C=O) groups excluding carboxylic acids is 1. The van der Waals surface area contributed by atoms with Crippen LogP contribution in [0.2, 0.25) is 0 Å². The lowest BCUT2D eigenvalue weighted by molar-refractivity contribution is -0.122. The van der Waals surface area contributed by atoms with Crippen LogP contribution in [0.1, 0.15) is 48.9 Å². The molecule has 0 aliphatic carbocycles. The van der Waals surface area contributed by atoms with Crippen molar-refractivity contribution in [2.24, 2.45) is 0 Å². The Labute approximate surface area is 156 Å². The van der Waals surface area contributed by atoms with Crippen molar-refractivity contribution in [1.82, 2.24) is 5.32 Å². The number of nitrogens with one attached hydrogen (secondary N) is 1. The maximum Gasteiger partial charge on any atom is 0.220 e. The fourth-order valence-electron chi connectivity index (χ4n) is 2.98. The largest absolute Gasteiger partial charge is 0.497 e. The Hall–Kier alpha value is -2.49. The highest BCUT2D eigenvalue weighted by atomic mass is 16.5. The molecule has 2 aromatic carbocycles. The molecule has 0 radical (unpaired) electrons. The SMILES string of the molecule is CC[C@H](NC(=O)CCCOc1ccc(OC)cc1)c1ccc(C)cc1C. The number of rotatable bonds is 9. The Balaban J connectivity index is 1.77. The third-order valence-corrected chi connectivity index (χ3v) is 4.42. The second kappa shape index (κ2) is 9.85. The second-order valence-electron chi connectivity index (χ2n) is 6.52. The Morgan fingerprint density at radius 2 is 1.77 bits per heavy atom. The molecular weight excluding hydrogens is 326 g/mol. The zero-order chi connectivity index (χ0) is 18.9. The Morgan fingerprint density at radius 1 is 1.08 bits per heavy atom. The van der Waals surface area contributed by atoms with Crippen LogP contribution in [0.15, 0.2) is 42.5 Å². The van der Waals surface area contributed by atoms with Gasteiger partial charge in [-0.05, 0) is 62.1 Å². The smallest absolute Gasteiger partial charge is 0.220 e. The van der Waals surface area contributed by atoms with Crippen molar-refractivity contribution in [1.29, 1.82) is 0 Å². The number of ether oxygens (including phenoxy) is 2. The molecule has 0 aromatic heterocycles. The molecule has 0 spiro atoms. The van der Waals surface area contributed by atoms with Gasteiger partial charge in [0.15, 0.2) is 0 Å².